The van der Waals surface area contributed by atoms with E-state index in [2.05, 4.69) is 54.3 Å². The van der Waals surface area contributed by atoms with E-state index in [-0.39, 0.29) is 19.1 Å². The molecule has 5 heterocycles. The van der Waals surface area contributed by atoms with Crippen molar-refractivity contribution in [3.63, 3.8) is 0 Å². The number of aromatic nitrogens is 3. The maximum absolute atomic E-state index is 14.0. The molecule has 2 amide bonds. The fourth-order valence-corrected chi connectivity index (χ4v) is 7.02. The van der Waals surface area contributed by atoms with Gasteiger partial charge in [-0.25, -0.2) is 15.2 Å². The minimum absolute atomic E-state index is 0.0361. The van der Waals surface area contributed by atoms with Crippen LogP contribution < -0.4 is 10.7 Å². The van der Waals surface area contributed by atoms with Crippen molar-refractivity contribution in [2.75, 3.05) is 20.3 Å². The van der Waals surface area contributed by atoms with Crippen molar-refractivity contribution in [3.8, 4) is 22.7 Å². The molecule has 3 atom stereocenters. The molecule has 2 N–H and O–H groups in total. The van der Waals surface area contributed by atoms with E-state index in [1.165, 1.54) is 11.3 Å². The van der Waals surface area contributed by atoms with E-state index in [0.29, 0.717) is 43.9 Å². The van der Waals surface area contributed by atoms with Crippen LogP contribution in [0.5, 0.6) is 0 Å². The zero-order chi connectivity index (χ0) is 37.4. The highest BCUT2D eigenvalue weighted by atomic mass is 16.6. The fourth-order valence-electron chi connectivity index (χ4n) is 7.02. The SMILES string of the molecule is CCn1c(-c2cccnc2[C@H](C)OC)c2c3cc(ccc31)-c1nc(co1)C[C@H](NC(=O)OC(C)(C)C)C(=O)N1CCC[C@H](N1)C(=O)OCC(C)(C)C2. The van der Waals surface area contributed by atoms with Gasteiger partial charge in [0.05, 0.1) is 29.8 Å². The Bertz CT molecular complexity index is 1960. The zero-order valence-corrected chi connectivity index (χ0v) is 31.4. The lowest BCUT2D eigenvalue weighted by Gasteiger charge is -2.35. The van der Waals surface area contributed by atoms with Gasteiger partial charge in [-0.15, -0.1) is 0 Å². The van der Waals surface area contributed by atoms with E-state index >= 15 is 0 Å². The number of alkyl carbamates (subject to hydrolysis) is 1. The molecule has 0 radical (unpaired) electrons. The molecule has 0 aliphatic carbocycles. The van der Waals surface area contributed by atoms with Crippen LogP contribution in [0.2, 0.25) is 0 Å². The van der Waals surface area contributed by atoms with Crippen LogP contribution in [0.4, 0.5) is 4.79 Å². The molecule has 52 heavy (non-hydrogen) atoms. The number of amides is 2. The third kappa shape index (κ3) is 7.85. The highest BCUT2D eigenvalue weighted by Gasteiger charge is 2.36. The number of carbonyl (C=O) groups is 3. The monoisotopic (exact) mass is 714 g/mol. The van der Waals surface area contributed by atoms with Crippen LogP contribution in [-0.2, 0) is 43.2 Å². The van der Waals surface area contributed by atoms with Crippen LogP contribution in [0.1, 0.15) is 84.4 Å². The predicted octanol–water partition coefficient (Wildman–Crippen LogP) is 6.14. The van der Waals surface area contributed by atoms with Crippen LogP contribution in [-0.4, -0.2) is 75.5 Å². The van der Waals surface area contributed by atoms with Crippen molar-refractivity contribution in [1.29, 1.82) is 0 Å². The summed E-state index contributed by atoms with van der Waals surface area (Å²) < 4.78 is 25.6. The van der Waals surface area contributed by atoms with Gasteiger partial charge in [0.1, 0.15) is 23.9 Å². The number of pyridine rings is 1. The van der Waals surface area contributed by atoms with Crippen LogP contribution in [0.15, 0.2) is 47.2 Å². The first kappa shape index (κ1) is 37.0. The summed E-state index contributed by atoms with van der Waals surface area (Å²) in [6.07, 6.45) is 3.99. The van der Waals surface area contributed by atoms with Crippen molar-refractivity contribution >= 4 is 28.9 Å². The van der Waals surface area contributed by atoms with Crippen molar-refractivity contribution in [2.24, 2.45) is 5.41 Å². The van der Waals surface area contributed by atoms with Crippen LogP contribution in [0, 0.1) is 5.41 Å². The highest BCUT2D eigenvalue weighted by Crippen LogP contribution is 2.41. The molecule has 0 saturated carbocycles. The second-order valence-electron chi connectivity index (χ2n) is 15.4. The largest absolute Gasteiger partial charge is 0.464 e. The van der Waals surface area contributed by atoms with E-state index in [1.54, 1.807) is 34.1 Å². The molecular formula is C39H50N6O7. The Kier molecular flexibility index (Phi) is 10.5. The molecule has 13 heteroatoms. The lowest BCUT2D eigenvalue weighted by atomic mass is 9.84. The molecule has 2 aliphatic rings. The number of benzene rings is 1. The molecule has 278 valence electrons. The standard InChI is InChI=1S/C39H50N6O7/c1-9-44-31-15-14-24-18-27(31)28(33(44)26-12-10-16-40-32(26)23(2)49-8)20-39(6,7)22-51-36(47)29-13-11-17-45(43-29)35(46)30(19-25-21-50-34(24)41-25)42-37(48)52-38(3,4)5/h10,12,14-16,18,21,23,29-30,43H,9,11,13,17,19-20,22H2,1-8H3,(H,42,48)/t23-,29-,30-/m0/s1. The average molecular weight is 715 g/mol. The number of methoxy groups -OCH3 is 1. The average Bonchev–Trinajstić information content (AvgIpc) is 3.70. The normalized spacial score (nSPS) is 20.3. The van der Waals surface area contributed by atoms with Gasteiger partial charge in [0.15, 0.2) is 0 Å². The number of aryl methyl sites for hydroxylation is 1. The third-order valence-electron chi connectivity index (χ3n) is 9.51. The fraction of sp³-hybridized carbons (Fsp3) is 0.513. The Hall–Kier alpha value is -4.75. The lowest BCUT2D eigenvalue weighted by molar-refractivity contribution is -0.155. The Morgan fingerprint density at radius 1 is 1.21 bits per heavy atom. The molecule has 1 aromatic carbocycles. The minimum atomic E-state index is -1.05. The van der Waals surface area contributed by atoms with Gasteiger partial charge in [0.25, 0.3) is 5.91 Å². The van der Waals surface area contributed by atoms with Gasteiger partial charge < -0.3 is 28.5 Å². The van der Waals surface area contributed by atoms with Gasteiger partial charge >= 0.3 is 12.1 Å². The Balaban J connectivity index is 1.49. The summed E-state index contributed by atoms with van der Waals surface area (Å²) in [4.78, 5) is 50.0. The van der Waals surface area contributed by atoms with E-state index < -0.39 is 41.1 Å². The summed E-state index contributed by atoms with van der Waals surface area (Å²) in [7, 11) is 1.68. The topological polar surface area (TPSA) is 150 Å². The smallest absolute Gasteiger partial charge is 0.408 e. The van der Waals surface area contributed by atoms with Crippen LogP contribution in [0.25, 0.3) is 33.6 Å². The number of hydrogen-bond donors (Lipinski definition) is 2. The molecule has 6 rings (SSSR count). The predicted molar refractivity (Wildman–Crippen MR) is 195 cm³/mol. The molecule has 2 aliphatic heterocycles. The molecule has 4 aromatic rings. The summed E-state index contributed by atoms with van der Waals surface area (Å²) >= 11 is 0. The molecule has 3 aromatic heterocycles. The molecule has 6 bridgehead atoms. The number of fused-ring (bicyclic) bond motifs is 6. The first-order chi connectivity index (χ1) is 24.7. The van der Waals surface area contributed by atoms with Gasteiger partial charge in [-0.05, 0) is 89.8 Å². The molecule has 1 fully saturated rings. The quantitative estimate of drug-likeness (QED) is 0.231. The molecule has 0 unspecified atom stereocenters. The van der Waals surface area contributed by atoms with E-state index in [4.69, 9.17) is 28.6 Å². The van der Waals surface area contributed by atoms with Gasteiger partial charge in [0.2, 0.25) is 5.89 Å². The van der Waals surface area contributed by atoms with E-state index in [0.717, 1.165) is 39.0 Å². The molecule has 13 nitrogen and oxygen atoms in total. The molecule has 1 saturated heterocycles. The number of oxazole rings is 1. The first-order valence-corrected chi connectivity index (χ1v) is 18.0. The maximum Gasteiger partial charge on any atom is 0.408 e. The maximum atomic E-state index is 14.0. The van der Waals surface area contributed by atoms with Crippen molar-refractivity contribution in [1.82, 2.24) is 30.3 Å². The second-order valence-corrected chi connectivity index (χ2v) is 15.4. The lowest BCUT2D eigenvalue weighted by Crippen LogP contribution is -2.60. The minimum Gasteiger partial charge on any atom is -0.464 e. The summed E-state index contributed by atoms with van der Waals surface area (Å²) in [5.41, 5.74) is 7.98. The van der Waals surface area contributed by atoms with Crippen molar-refractivity contribution < 1.29 is 33.0 Å². The van der Waals surface area contributed by atoms with Gasteiger partial charge in [-0.1, -0.05) is 13.8 Å². The van der Waals surface area contributed by atoms with Gasteiger partial charge in [0, 0.05) is 60.3 Å². The summed E-state index contributed by atoms with van der Waals surface area (Å²) in [6, 6.07) is 8.37. The number of cyclic esters (lactones) is 1. The van der Waals surface area contributed by atoms with Crippen LogP contribution in [0.3, 0.4) is 0 Å². The van der Waals surface area contributed by atoms with Crippen molar-refractivity contribution in [2.45, 2.75) is 104 Å². The van der Waals surface area contributed by atoms with Gasteiger partial charge in [-0.2, -0.15) is 0 Å². The van der Waals surface area contributed by atoms with Gasteiger partial charge in [-0.3, -0.25) is 19.6 Å². The number of hydrogen-bond acceptors (Lipinski definition) is 10. The van der Waals surface area contributed by atoms with E-state index in [9.17, 15) is 14.4 Å². The van der Waals surface area contributed by atoms with Crippen molar-refractivity contribution in [3.05, 3.63) is 59.7 Å². The zero-order valence-electron chi connectivity index (χ0n) is 31.4. The molecule has 0 spiro atoms. The second kappa shape index (κ2) is 14.7. The third-order valence-corrected chi connectivity index (χ3v) is 9.51. The number of nitrogens with zero attached hydrogens (tertiary/aromatic N) is 4. The molecular weight excluding hydrogens is 664 g/mol. The number of nitrogens with one attached hydrogen (secondary N) is 2. The summed E-state index contributed by atoms with van der Waals surface area (Å²) in [6.45, 7) is 14.7. The first-order valence-electron chi connectivity index (χ1n) is 18.0. The Labute approximate surface area is 304 Å². The summed E-state index contributed by atoms with van der Waals surface area (Å²) in [5.74, 6) is -0.476. The Morgan fingerprint density at radius 3 is 2.73 bits per heavy atom. The number of esters is 1. The van der Waals surface area contributed by atoms with Crippen LogP contribution >= 0.6 is 0 Å². The highest BCUT2D eigenvalue weighted by molar-refractivity contribution is 5.95. The number of carbonyl (C=O) groups excluding carboxylic acids is 3. The number of hydrazine groups is 1. The number of ether oxygens (including phenoxy) is 3. The Morgan fingerprint density at radius 2 is 2.00 bits per heavy atom. The number of rotatable bonds is 5. The summed E-state index contributed by atoms with van der Waals surface area (Å²) in [5, 5.41) is 5.13. The van der Waals surface area contributed by atoms with E-state index in [1.807, 2.05) is 19.1 Å².